The second-order valence-electron chi connectivity index (χ2n) is 4.83. The van der Waals surface area contributed by atoms with E-state index in [-0.39, 0.29) is 5.41 Å². The van der Waals surface area contributed by atoms with Crippen LogP contribution >= 0.6 is 0 Å². The van der Waals surface area contributed by atoms with E-state index in [4.69, 9.17) is 0 Å². The molecule has 0 aromatic heterocycles. The van der Waals surface area contributed by atoms with Gasteiger partial charge in [-0.3, -0.25) is 0 Å². The fourth-order valence-electron chi connectivity index (χ4n) is 3.44. The van der Waals surface area contributed by atoms with Crippen molar-refractivity contribution in [3.8, 4) is 0 Å². The van der Waals surface area contributed by atoms with Gasteiger partial charge in [0.25, 0.3) is 0 Å². The minimum Gasteiger partial charge on any atom is -0.303 e. The van der Waals surface area contributed by atoms with E-state index >= 15 is 0 Å². The molecular weight excluding hydrogens is 160 g/mol. The molecule has 2 saturated carbocycles. The second-order valence-corrected chi connectivity index (χ2v) is 4.83. The Labute approximate surface area is 80.2 Å². The van der Waals surface area contributed by atoms with Gasteiger partial charge in [0.05, 0.1) is 0 Å². The molecule has 2 rings (SSSR count). The molecule has 0 spiro atoms. The van der Waals surface area contributed by atoms with Crippen molar-refractivity contribution in [2.75, 3.05) is 0 Å². The summed E-state index contributed by atoms with van der Waals surface area (Å²) in [6.45, 7) is 5.96. The van der Waals surface area contributed by atoms with Gasteiger partial charge in [-0.2, -0.15) is 0 Å². The Morgan fingerprint density at radius 1 is 1.54 bits per heavy atom. The average molecular weight is 178 g/mol. The SMILES string of the molecule is C=CC(C)C1(C=O)CC2CCC1C2. The third-order valence-corrected chi connectivity index (χ3v) is 4.36. The smallest absolute Gasteiger partial charge is 0.127 e. The summed E-state index contributed by atoms with van der Waals surface area (Å²) in [5.41, 5.74) is -0.0370. The first-order valence-corrected chi connectivity index (χ1v) is 5.32. The summed E-state index contributed by atoms with van der Waals surface area (Å²) in [4.78, 5) is 11.3. The number of allylic oxidation sites excluding steroid dienone is 1. The molecule has 13 heavy (non-hydrogen) atoms. The van der Waals surface area contributed by atoms with E-state index in [9.17, 15) is 4.79 Å². The molecule has 0 N–H and O–H groups in total. The van der Waals surface area contributed by atoms with Gasteiger partial charge >= 0.3 is 0 Å². The molecule has 0 radical (unpaired) electrons. The highest BCUT2D eigenvalue weighted by Crippen LogP contribution is 2.58. The summed E-state index contributed by atoms with van der Waals surface area (Å²) in [5.74, 6) is 1.85. The van der Waals surface area contributed by atoms with Crippen molar-refractivity contribution in [3.05, 3.63) is 12.7 Å². The van der Waals surface area contributed by atoms with E-state index in [1.165, 1.54) is 25.5 Å². The molecule has 0 heterocycles. The first kappa shape index (κ1) is 8.98. The molecule has 2 aliphatic carbocycles. The van der Waals surface area contributed by atoms with E-state index in [0.29, 0.717) is 11.8 Å². The van der Waals surface area contributed by atoms with E-state index in [1.807, 2.05) is 6.08 Å². The lowest BCUT2D eigenvalue weighted by Crippen LogP contribution is -2.35. The topological polar surface area (TPSA) is 17.1 Å². The Bertz CT molecular complexity index is 233. The van der Waals surface area contributed by atoms with Gasteiger partial charge in [0.15, 0.2) is 0 Å². The van der Waals surface area contributed by atoms with Crippen molar-refractivity contribution in [3.63, 3.8) is 0 Å². The molecule has 0 saturated heterocycles. The van der Waals surface area contributed by atoms with Gasteiger partial charge in [0.2, 0.25) is 0 Å². The van der Waals surface area contributed by atoms with Crippen molar-refractivity contribution < 1.29 is 4.79 Å². The van der Waals surface area contributed by atoms with E-state index in [2.05, 4.69) is 13.5 Å². The number of aldehydes is 1. The minimum atomic E-state index is -0.0370. The molecule has 72 valence electrons. The number of hydrogen-bond donors (Lipinski definition) is 0. The summed E-state index contributed by atoms with van der Waals surface area (Å²) in [7, 11) is 0. The second kappa shape index (κ2) is 2.97. The van der Waals surface area contributed by atoms with Crippen molar-refractivity contribution in [1.29, 1.82) is 0 Å². The molecule has 0 aromatic carbocycles. The Morgan fingerprint density at radius 3 is 2.69 bits per heavy atom. The third kappa shape index (κ3) is 1.09. The lowest BCUT2D eigenvalue weighted by molar-refractivity contribution is -0.121. The van der Waals surface area contributed by atoms with Gasteiger partial charge in [-0.05, 0) is 37.0 Å². The van der Waals surface area contributed by atoms with E-state index in [0.717, 1.165) is 12.3 Å². The standard InChI is InChI=1S/C12H18O/c1-3-9(2)12(8-13)7-10-4-5-11(12)6-10/h3,8-11H,1,4-7H2,2H3. The van der Waals surface area contributed by atoms with Crippen LogP contribution in [0.1, 0.15) is 32.6 Å². The van der Waals surface area contributed by atoms with Crippen LogP contribution in [0, 0.1) is 23.2 Å². The quantitative estimate of drug-likeness (QED) is 0.480. The van der Waals surface area contributed by atoms with Crippen LogP contribution < -0.4 is 0 Å². The Morgan fingerprint density at radius 2 is 2.31 bits per heavy atom. The average Bonchev–Trinajstić information content (AvgIpc) is 2.75. The molecule has 1 nitrogen and oxygen atoms in total. The molecule has 0 aliphatic heterocycles. The highest BCUT2D eigenvalue weighted by molar-refractivity contribution is 5.62. The largest absolute Gasteiger partial charge is 0.303 e. The normalized spacial score (nSPS) is 44.7. The molecule has 0 aromatic rings. The van der Waals surface area contributed by atoms with Gasteiger partial charge < -0.3 is 4.79 Å². The zero-order chi connectivity index (χ0) is 9.47. The maximum atomic E-state index is 11.3. The Hall–Kier alpha value is -0.590. The van der Waals surface area contributed by atoms with Crippen LogP contribution in [0.5, 0.6) is 0 Å². The fraction of sp³-hybridized carbons (Fsp3) is 0.750. The van der Waals surface area contributed by atoms with Crippen molar-refractivity contribution in [2.24, 2.45) is 23.2 Å². The van der Waals surface area contributed by atoms with Crippen molar-refractivity contribution in [2.45, 2.75) is 32.6 Å². The van der Waals surface area contributed by atoms with Gasteiger partial charge in [0, 0.05) is 5.41 Å². The van der Waals surface area contributed by atoms with Gasteiger partial charge in [-0.1, -0.05) is 19.4 Å². The minimum absolute atomic E-state index is 0.0370. The van der Waals surface area contributed by atoms with Crippen LogP contribution in [0.15, 0.2) is 12.7 Å². The molecule has 0 amide bonds. The molecule has 4 atom stereocenters. The summed E-state index contributed by atoms with van der Waals surface area (Å²) in [5, 5.41) is 0. The Kier molecular flexibility index (Phi) is 2.05. The van der Waals surface area contributed by atoms with Crippen LogP contribution in [-0.4, -0.2) is 6.29 Å². The van der Waals surface area contributed by atoms with Crippen molar-refractivity contribution >= 4 is 6.29 Å². The number of hydrogen-bond acceptors (Lipinski definition) is 1. The fourth-order valence-corrected chi connectivity index (χ4v) is 3.44. The molecular formula is C12H18O. The highest BCUT2D eigenvalue weighted by Gasteiger charge is 2.52. The summed E-state index contributed by atoms with van der Waals surface area (Å²) in [6.07, 6.45) is 8.20. The maximum Gasteiger partial charge on any atom is 0.127 e. The monoisotopic (exact) mass is 178 g/mol. The third-order valence-electron chi connectivity index (χ3n) is 4.36. The van der Waals surface area contributed by atoms with Crippen LogP contribution in [0.25, 0.3) is 0 Å². The zero-order valence-electron chi connectivity index (χ0n) is 8.33. The number of rotatable bonds is 3. The first-order chi connectivity index (χ1) is 6.23. The molecule has 1 heteroatoms. The van der Waals surface area contributed by atoms with Crippen LogP contribution in [-0.2, 0) is 4.79 Å². The van der Waals surface area contributed by atoms with E-state index in [1.54, 1.807) is 0 Å². The maximum absolute atomic E-state index is 11.3. The van der Waals surface area contributed by atoms with Gasteiger partial charge in [0.1, 0.15) is 6.29 Å². The first-order valence-electron chi connectivity index (χ1n) is 5.32. The lowest BCUT2D eigenvalue weighted by atomic mass is 9.66. The molecule has 2 aliphatic rings. The predicted molar refractivity (Wildman–Crippen MR) is 53.3 cm³/mol. The number of fused-ring (bicyclic) bond motifs is 2. The van der Waals surface area contributed by atoms with E-state index < -0.39 is 0 Å². The molecule has 2 bridgehead atoms. The summed E-state index contributed by atoms with van der Waals surface area (Å²) < 4.78 is 0. The molecule has 2 fully saturated rings. The van der Waals surface area contributed by atoms with Crippen LogP contribution in [0.4, 0.5) is 0 Å². The highest BCUT2D eigenvalue weighted by atomic mass is 16.1. The Balaban J connectivity index is 2.26. The van der Waals surface area contributed by atoms with Gasteiger partial charge in [-0.25, -0.2) is 0 Å². The number of carbonyl (C=O) groups is 1. The van der Waals surface area contributed by atoms with Crippen LogP contribution in [0.2, 0.25) is 0 Å². The zero-order valence-corrected chi connectivity index (χ0v) is 8.33. The van der Waals surface area contributed by atoms with Crippen LogP contribution in [0.3, 0.4) is 0 Å². The summed E-state index contributed by atoms with van der Waals surface area (Å²) >= 11 is 0. The number of carbonyl (C=O) groups excluding carboxylic acids is 1. The lowest BCUT2D eigenvalue weighted by Gasteiger charge is -2.36. The predicted octanol–water partition coefficient (Wildman–Crippen LogP) is 2.81. The van der Waals surface area contributed by atoms with Gasteiger partial charge in [-0.15, -0.1) is 6.58 Å². The molecule has 4 unspecified atom stereocenters. The summed E-state index contributed by atoms with van der Waals surface area (Å²) in [6, 6.07) is 0. The van der Waals surface area contributed by atoms with Crippen molar-refractivity contribution in [1.82, 2.24) is 0 Å².